The predicted octanol–water partition coefficient (Wildman–Crippen LogP) is 4.30. The molecule has 1 aliphatic heterocycles. The maximum Gasteiger partial charge on any atom is 0.321 e. The maximum atomic E-state index is 12.4. The number of carbonyl (C=O) groups excluding carboxylic acids is 1. The van der Waals surface area contributed by atoms with E-state index in [2.05, 4.69) is 56.7 Å². The average Bonchev–Trinajstić information content (AvgIpc) is 3.20. The van der Waals surface area contributed by atoms with Crippen molar-refractivity contribution in [2.24, 2.45) is 0 Å². The molecule has 7 heteroatoms. The van der Waals surface area contributed by atoms with Gasteiger partial charge in [0.2, 0.25) is 0 Å². The summed E-state index contributed by atoms with van der Waals surface area (Å²) in [6, 6.07) is 12.4. The predicted molar refractivity (Wildman–Crippen MR) is 117 cm³/mol. The maximum absolute atomic E-state index is 12.4. The normalized spacial score (nSPS) is 15.2. The molecule has 2 N–H and O–H groups in total. The van der Waals surface area contributed by atoms with Gasteiger partial charge >= 0.3 is 6.03 Å². The minimum atomic E-state index is -0.186. The van der Waals surface area contributed by atoms with Crippen LogP contribution in [0.25, 0.3) is 11.3 Å². The molecule has 4 rings (SSSR count). The minimum absolute atomic E-state index is 0.186. The lowest BCUT2D eigenvalue weighted by molar-refractivity contribution is 0.189. The molecule has 0 aliphatic carbocycles. The highest BCUT2D eigenvalue weighted by Gasteiger charge is 2.21. The fourth-order valence-electron chi connectivity index (χ4n) is 3.56. The third-order valence-corrected chi connectivity index (χ3v) is 6.02. The molecule has 0 saturated carbocycles. The van der Waals surface area contributed by atoms with Crippen LogP contribution in [0.5, 0.6) is 0 Å². The van der Waals surface area contributed by atoms with Gasteiger partial charge in [0.25, 0.3) is 0 Å². The lowest BCUT2D eigenvalue weighted by Crippen LogP contribution is -2.45. The summed E-state index contributed by atoms with van der Waals surface area (Å²) in [5.41, 5.74) is 4.48. The van der Waals surface area contributed by atoms with Gasteiger partial charge in [0.15, 0.2) is 5.13 Å². The van der Waals surface area contributed by atoms with Gasteiger partial charge < -0.3 is 5.32 Å². The lowest BCUT2D eigenvalue weighted by Gasteiger charge is -2.32. The topological polar surface area (TPSA) is 70.2 Å². The van der Waals surface area contributed by atoms with E-state index in [1.54, 1.807) is 12.4 Å². The molecule has 2 amide bonds. The average molecular weight is 408 g/mol. The van der Waals surface area contributed by atoms with Gasteiger partial charge in [-0.25, -0.2) is 9.78 Å². The van der Waals surface area contributed by atoms with Crippen molar-refractivity contribution < 1.29 is 4.79 Å². The molecule has 0 unspecified atom stereocenters. The van der Waals surface area contributed by atoms with Crippen LogP contribution in [0, 0.1) is 6.92 Å². The molecule has 29 heavy (non-hydrogen) atoms. The smallest absolute Gasteiger partial charge is 0.321 e. The Morgan fingerprint density at radius 2 is 2.03 bits per heavy atom. The van der Waals surface area contributed by atoms with Crippen LogP contribution >= 0.6 is 11.3 Å². The molecule has 3 aromatic rings. The van der Waals surface area contributed by atoms with Crippen molar-refractivity contribution in [2.75, 3.05) is 18.4 Å². The van der Waals surface area contributed by atoms with Crippen molar-refractivity contribution >= 4 is 22.5 Å². The number of aryl methyl sites for hydroxylation is 1. The number of urea groups is 1. The fourth-order valence-corrected chi connectivity index (χ4v) is 4.28. The van der Waals surface area contributed by atoms with Crippen LogP contribution < -0.4 is 10.6 Å². The standard InChI is InChI=1S/C22H25N5OS/c1-16-5-2-3-6-18(16)14-27-11-8-19(9-12-27)24-21(28)26-22-25-20(15-29-22)17-7-4-10-23-13-17/h2-7,10,13,15,19H,8-9,11-12,14H2,1H3,(H2,24,25,26,28). The van der Waals surface area contributed by atoms with Gasteiger partial charge in [-0.1, -0.05) is 24.3 Å². The number of nitrogens with zero attached hydrogens (tertiary/aromatic N) is 3. The number of amides is 2. The van der Waals surface area contributed by atoms with Gasteiger partial charge in [-0.05, 0) is 43.0 Å². The number of pyridine rings is 1. The zero-order chi connectivity index (χ0) is 20.1. The number of nitrogens with one attached hydrogen (secondary N) is 2. The van der Waals surface area contributed by atoms with Crippen molar-refractivity contribution in [2.45, 2.75) is 32.4 Å². The Labute approximate surface area is 175 Å². The van der Waals surface area contributed by atoms with Crippen LogP contribution in [0.3, 0.4) is 0 Å². The summed E-state index contributed by atoms with van der Waals surface area (Å²) in [6.07, 6.45) is 5.41. The molecule has 150 valence electrons. The Morgan fingerprint density at radius 1 is 1.21 bits per heavy atom. The number of rotatable bonds is 5. The molecular formula is C22H25N5OS. The molecule has 0 spiro atoms. The highest BCUT2D eigenvalue weighted by atomic mass is 32.1. The van der Waals surface area contributed by atoms with Gasteiger partial charge in [-0.15, -0.1) is 11.3 Å². The van der Waals surface area contributed by atoms with Crippen molar-refractivity contribution in [1.82, 2.24) is 20.2 Å². The number of thiazole rings is 1. The summed E-state index contributed by atoms with van der Waals surface area (Å²) >= 11 is 1.42. The quantitative estimate of drug-likeness (QED) is 0.662. The lowest BCUT2D eigenvalue weighted by atomic mass is 10.0. The zero-order valence-corrected chi connectivity index (χ0v) is 17.3. The van der Waals surface area contributed by atoms with Gasteiger partial charge in [0.1, 0.15) is 0 Å². The summed E-state index contributed by atoms with van der Waals surface area (Å²) < 4.78 is 0. The first-order chi connectivity index (χ1) is 14.2. The SMILES string of the molecule is Cc1ccccc1CN1CCC(NC(=O)Nc2nc(-c3cccnc3)cs2)CC1. The van der Waals surface area contributed by atoms with E-state index in [0.717, 1.165) is 43.7 Å². The van der Waals surface area contributed by atoms with E-state index in [0.29, 0.717) is 5.13 Å². The third-order valence-electron chi connectivity index (χ3n) is 5.26. The number of aromatic nitrogens is 2. The summed E-state index contributed by atoms with van der Waals surface area (Å²) in [5.74, 6) is 0. The summed E-state index contributed by atoms with van der Waals surface area (Å²) in [7, 11) is 0. The van der Waals surface area contributed by atoms with Crippen LogP contribution in [0.1, 0.15) is 24.0 Å². The zero-order valence-electron chi connectivity index (χ0n) is 16.5. The first-order valence-electron chi connectivity index (χ1n) is 9.88. The highest BCUT2D eigenvalue weighted by Crippen LogP contribution is 2.24. The van der Waals surface area contributed by atoms with Crippen molar-refractivity contribution in [1.29, 1.82) is 0 Å². The van der Waals surface area contributed by atoms with E-state index in [9.17, 15) is 4.79 Å². The number of benzene rings is 1. The number of hydrogen-bond donors (Lipinski definition) is 2. The van der Waals surface area contributed by atoms with Gasteiger partial charge in [0, 0.05) is 49.0 Å². The number of carbonyl (C=O) groups is 1. The Hall–Kier alpha value is -2.77. The number of hydrogen-bond acceptors (Lipinski definition) is 5. The molecule has 0 radical (unpaired) electrons. The van der Waals surface area contributed by atoms with Crippen LogP contribution in [0.15, 0.2) is 54.2 Å². The van der Waals surface area contributed by atoms with Gasteiger partial charge in [-0.2, -0.15) is 0 Å². The van der Waals surface area contributed by atoms with E-state index in [1.807, 2.05) is 17.5 Å². The highest BCUT2D eigenvalue weighted by molar-refractivity contribution is 7.14. The Morgan fingerprint density at radius 3 is 2.79 bits per heavy atom. The molecule has 0 bridgehead atoms. The van der Waals surface area contributed by atoms with Crippen molar-refractivity contribution in [3.8, 4) is 11.3 Å². The van der Waals surface area contributed by atoms with Gasteiger partial charge in [-0.3, -0.25) is 15.2 Å². The van der Waals surface area contributed by atoms with E-state index >= 15 is 0 Å². The van der Waals surface area contributed by atoms with E-state index in [-0.39, 0.29) is 12.1 Å². The third kappa shape index (κ3) is 5.19. The Kier molecular flexibility index (Phi) is 6.17. The summed E-state index contributed by atoms with van der Waals surface area (Å²) in [5, 5.41) is 8.47. The van der Waals surface area contributed by atoms with E-state index in [1.165, 1.54) is 22.5 Å². The molecule has 0 atom stereocenters. The van der Waals surface area contributed by atoms with E-state index < -0.39 is 0 Å². The van der Waals surface area contributed by atoms with Crippen LogP contribution in [0.2, 0.25) is 0 Å². The molecule has 1 aromatic carbocycles. The molecule has 3 heterocycles. The first kappa shape index (κ1) is 19.5. The molecule has 1 saturated heterocycles. The van der Waals surface area contributed by atoms with Crippen LogP contribution in [-0.4, -0.2) is 40.0 Å². The minimum Gasteiger partial charge on any atom is -0.335 e. The Balaban J connectivity index is 1.24. The summed E-state index contributed by atoms with van der Waals surface area (Å²) in [6.45, 7) is 5.11. The second-order valence-corrected chi connectivity index (χ2v) is 8.21. The summed E-state index contributed by atoms with van der Waals surface area (Å²) in [4.78, 5) is 23.4. The van der Waals surface area contributed by atoms with Crippen LogP contribution in [0.4, 0.5) is 9.93 Å². The Bertz CT molecular complexity index is 951. The number of anilines is 1. The van der Waals surface area contributed by atoms with Crippen molar-refractivity contribution in [3.63, 3.8) is 0 Å². The first-order valence-corrected chi connectivity index (χ1v) is 10.8. The molecule has 1 fully saturated rings. The largest absolute Gasteiger partial charge is 0.335 e. The molecule has 2 aromatic heterocycles. The van der Waals surface area contributed by atoms with Crippen LogP contribution in [-0.2, 0) is 6.54 Å². The second-order valence-electron chi connectivity index (χ2n) is 7.35. The molecule has 6 nitrogen and oxygen atoms in total. The van der Waals surface area contributed by atoms with Crippen molar-refractivity contribution in [3.05, 3.63) is 65.3 Å². The monoisotopic (exact) mass is 407 g/mol. The van der Waals surface area contributed by atoms with Gasteiger partial charge in [0.05, 0.1) is 5.69 Å². The van der Waals surface area contributed by atoms with E-state index in [4.69, 9.17) is 0 Å². The number of likely N-dealkylation sites (tertiary alicyclic amines) is 1. The fraction of sp³-hybridized carbons (Fsp3) is 0.318. The number of piperidine rings is 1. The second kappa shape index (κ2) is 9.15. The molecular weight excluding hydrogens is 382 g/mol. The molecule has 1 aliphatic rings.